The van der Waals surface area contributed by atoms with E-state index in [0.29, 0.717) is 5.95 Å². The molecule has 0 aliphatic heterocycles. The summed E-state index contributed by atoms with van der Waals surface area (Å²) in [5, 5.41) is 5.33. The Morgan fingerprint density at radius 1 is 0.964 bits per heavy atom. The van der Waals surface area contributed by atoms with Gasteiger partial charge in [0.1, 0.15) is 5.69 Å². The summed E-state index contributed by atoms with van der Waals surface area (Å²) in [5.41, 5.74) is 5.94. The SMILES string of the molecule is Cc1cccc(Nc2nccc(-c3c(-c4ccccc4)nc4sccn34)n2)c1. The van der Waals surface area contributed by atoms with Crippen LogP contribution in [0, 0.1) is 6.92 Å². The molecule has 5 rings (SSSR count). The summed E-state index contributed by atoms with van der Waals surface area (Å²) < 4.78 is 2.09. The predicted molar refractivity (Wildman–Crippen MR) is 114 cm³/mol. The van der Waals surface area contributed by atoms with Gasteiger partial charge in [0.05, 0.1) is 11.4 Å². The monoisotopic (exact) mass is 383 g/mol. The van der Waals surface area contributed by atoms with Gasteiger partial charge in [0, 0.05) is 29.0 Å². The highest BCUT2D eigenvalue weighted by molar-refractivity contribution is 7.15. The van der Waals surface area contributed by atoms with Crippen LogP contribution < -0.4 is 5.32 Å². The molecule has 3 heterocycles. The van der Waals surface area contributed by atoms with E-state index < -0.39 is 0 Å². The zero-order valence-electron chi connectivity index (χ0n) is 15.2. The Balaban J connectivity index is 1.62. The molecule has 5 aromatic rings. The van der Waals surface area contributed by atoms with Gasteiger partial charge in [-0.1, -0.05) is 42.5 Å². The fourth-order valence-corrected chi connectivity index (χ4v) is 3.94. The maximum atomic E-state index is 4.85. The smallest absolute Gasteiger partial charge is 0.227 e. The van der Waals surface area contributed by atoms with Crippen molar-refractivity contribution >= 4 is 27.9 Å². The maximum Gasteiger partial charge on any atom is 0.227 e. The number of nitrogens with one attached hydrogen (secondary N) is 1. The molecule has 0 atom stereocenters. The van der Waals surface area contributed by atoms with Crippen molar-refractivity contribution < 1.29 is 0 Å². The Morgan fingerprint density at radius 2 is 1.86 bits per heavy atom. The molecule has 0 saturated heterocycles. The summed E-state index contributed by atoms with van der Waals surface area (Å²) in [5.74, 6) is 0.562. The largest absolute Gasteiger partial charge is 0.324 e. The molecule has 6 heteroatoms. The number of hydrogen-bond acceptors (Lipinski definition) is 5. The Hall–Kier alpha value is -3.51. The van der Waals surface area contributed by atoms with Gasteiger partial charge < -0.3 is 5.32 Å². The summed E-state index contributed by atoms with van der Waals surface area (Å²) in [7, 11) is 0. The zero-order chi connectivity index (χ0) is 18.9. The Bertz CT molecular complexity index is 1260. The third kappa shape index (κ3) is 3.04. The van der Waals surface area contributed by atoms with Crippen LogP contribution in [-0.2, 0) is 0 Å². The van der Waals surface area contributed by atoms with Crippen molar-refractivity contribution in [3.8, 4) is 22.6 Å². The first kappa shape index (κ1) is 16.6. The molecule has 0 radical (unpaired) electrons. The second-order valence-electron chi connectivity index (χ2n) is 6.49. The highest BCUT2D eigenvalue weighted by Gasteiger charge is 2.18. The van der Waals surface area contributed by atoms with Crippen LogP contribution in [0.25, 0.3) is 27.6 Å². The molecule has 0 spiro atoms. The van der Waals surface area contributed by atoms with E-state index in [2.05, 4.69) is 45.9 Å². The standard InChI is InChI=1S/C22H17N5S/c1-15-6-5-9-17(14-15)24-21-23-11-10-18(25-21)20-19(16-7-3-2-4-8-16)26-22-27(20)12-13-28-22/h2-14H,1H3,(H,23,24,25). The molecule has 2 aromatic carbocycles. The molecule has 0 saturated carbocycles. The van der Waals surface area contributed by atoms with E-state index in [4.69, 9.17) is 9.97 Å². The zero-order valence-corrected chi connectivity index (χ0v) is 16.0. The van der Waals surface area contributed by atoms with E-state index in [9.17, 15) is 0 Å². The first-order valence-electron chi connectivity index (χ1n) is 8.96. The van der Waals surface area contributed by atoms with Crippen LogP contribution in [0.1, 0.15) is 5.56 Å². The molecule has 0 amide bonds. The van der Waals surface area contributed by atoms with Gasteiger partial charge in [-0.3, -0.25) is 4.40 Å². The maximum absolute atomic E-state index is 4.85. The molecule has 3 aromatic heterocycles. The first-order valence-corrected chi connectivity index (χ1v) is 9.84. The summed E-state index contributed by atoms with van der Waals surface area (Å²) in [6.07, 6.45) is 3.81. The molecule has 0 unspecified atom stereocenters. The minimum absolute atomic E-state index is 0.562. The second-order valence-corrected chi connectivity index (χ2v) is 7.36. The van der Waals surface area contributed by atoms with Crippen LogP contribution in [0.2, 0.25) is 0 Å². The van der Waals surface area contributed by atoms with Gasteiger partial charge in [-0.2, -0.15) is 0 Å². The van der Waals surface area contributed by atoms with Crippen LogP contribution in [0.15, 0.2) is 78.4 Å². The molecule has 5 nitrogen and oxygen atoms in total. The van der Waals surface area contributed by atoms with Gasteiger partial charge >= 0.3 is 0 Å². The highest BCUT2D eigenvalue weighted by atomic mass is 32.1. The van der Waals surface area contributed by atoms with Crippen molar-refractivity contribution in [1.29, 1.82) is 0 Å². The number of aromatic nitrogens is 4. The highest BCUT2D eigenvalue weighted by Crippen LogP contribution is 2.33. The lowest BCUT2D eigenvalue weighted by molar-refractivity contribution is 1.14. The summed E-state index contributed by atoms with van der Waals surface area (Å²) in [6.45, 7) is 2.06. The van der Waals surface area contributed by atoms with Crippen LogP contribution in [-0.4, -0.2) is 19.4 Å². The first-order chi connectivity index (χ1) is 13.8. The Labute approximate surface area is 166 Å². The molecule has 0 bridgehead atoms. The number of imidazole rings is 1. The molecule has 28 heavy (non-hydrogen) atoms. The summed E-state index contributed by atoms with van der Waals surface area (Å²) >= 11 is 1.61. The molecule has 136 valence electrons. The summed E-state index contributed by atoms with van der Waals surface area (Å²) in [4.78, 5) is 15.0. The minimum Gasteiger partial charge on any atom is -0.324 e. The lowest BCUT2D eigenvalue weighted by atomic mass is 10.1. The van der Waals surface area contributed by atoms with Gasteiger partial charge in [-0.25, -0.2) is 15.0 Å². The quantitative estimate of drug-likeness (QED) is 0.441. The normalized spacial score (nSPS) is 11.0. The van der Waals surface area contributed by atoms with E-state index in [1.807, 2.05) is 48.0 Å². The van der Waals surface area contributed by atoms with Crippen molar-refractivity contribution in [1.82, 2.24) is 19.4 Å². The van der Waals surface area contributed by atoms with Gasteiger partial charge in [0.15, 0.2) is 4.96 Å². The van der Waals surface area contributed by atoms with E-state index in [0.717, 1.165) is 33.3 Å². The van der Waals surface area contributed by atoms with Crippen molar-refractivity contribution in [3.63, 3.8) is 0 Å². The van der Waals surface area contributed by atoms with Crippen LogP contribution >= 0.6 is 11.3 Å². The third-order valence-electron chi connectivity index (χ3n) is 4.48. The Kier molecular flexibility index (Phi) is 4.10. The summed E-state index contributed by atoms with van der Waals surface area (Å²) in [6, 6.07) is 20.3. The van der Waals surface area contributed by atoms with Gasteiger partial charge in [0.25, 0.3) is 0 Å². The Morgan fingerprint density at radius 3 is 2.71 bits per heavy atom. The van der Waals surface area contributed by atoms with Crippen LogP contribution in [0.5, 0.6) is 0 Å². The van der Waals surface area contributed by atoms with Gasteiger partial charge in [0.2, 0.25) is 5.95 Å². The third-order valence-corrected chi connectivity index (χ3v) is 5.24. The average Bonchev–Trinajstić information content (AvgIpc) is 3.30. The predicted octanol–water partition coefficient (Wildman–Crippen LogP) is 5.57. The van der Waals surface area contributed by atoms with Gasteiger partial charge in [-0.15, -0.1) is 11.3 Å². The van der Waals surface area contributed by atoms with Crippen molar-refractivity contribution in [2.75, 3.05) is 5.32 Å². The van der Waals surface area contributed by atoms with Crippen molar-refractivity contribution in [2.24, 2.45) is 0 Å². The fraction of sp³-hybridized carbons (Fsp3) is 0.0455. The number of benzene rings is 2. The number of aryl methyl sites for hydroxylation is 1. The van der Waals surface area contributed by atoms with E-state index in [-0.39, 0.29) is 0 Å². The van der Waals surface area contributed by atoms with Crippen molar-refractivity contribution in [2.45, 2.75) is 6.92 Å². The number of hydrogen-bond donors (Lipinski definition) is 1. The number of fused-ring (bicyclic) bond motifs is 1. The topological polar surface area (TPSA) is 55.1 Å². The number of rotatable bonds is 4. The number of thiazole rings is 1. The average molecular weight is 383 g/mol. The van der Waals surface area contributed by atoms with Crippen LogP contribution in [0.4, 0.5) is 11.6 Å². The molecule has 1 N–H and O–H groups in total. The molecule has 0 aliphatic carbocycles. The van der Waals surface area contributed by atoms with Crippen LogP contribution in [0.3, 0.4) is 0 Å². The second kappa shape index (κ2) is 6.90. The minimum atomic E-state index is 0.562. The molecular formula is C22H17N5S. The fourth-order valence-electron chi connectivity index (χ4n) is 3.23. The van der Waals surface area contributed by atoms with Gasteiger partial charge in [-0.05, 0) is 30.7 Å². The number of nitrogens with zero attached hydrogens (tertiary/aromatic N) is 4. The number of anilines is 2. The van der Waals surface area contributed by atoms with Crippen molar-refractivity contribution in [3.05, 3.63) is 84.0 Å². The van der Waals surface area contributed by atoms with E-state index in [1.54, 1.807) is 17.5 Å². The lowest BCUT2D eigenvalue weighted by Crippen LogP contribution is -1.99. The van der Waals surface area contributed by atoms with E-state index in [1.165, 1.54) is 5.56 Å². The van der Waals surface area contributed by atoms with E-state index >= 15 is 0 Å². The molecule has 0 fully saturated rings. The molecule has 0 aliphatic rings. The lowest BCUT2D eigenvalue weighted by Gasteiger charge is -2.08. The molecular weight excluding hydrogens is 366 g/mol.